The summed E-state index contributed by atoms with van der Waals surface area (Å²) in [6.07, 6.45) is 3.90. The lowest BCUT2D eigenvalue weighted by Crippen LogP contribution is -2.40. The average molecular weight is 214 g/mol. The van der Waals surface area contributed by atoms with Crippen molar-refractivity contribution in [3.8, 4) is 0 Å². The van der Waals surface area contributed by atoms with E-state index < -0.39 is 0 Å². The topological polar surface area (TPSA) is 29.3 Å². The lowest BCUT2D eigenvalue weighted by atomic mass is 10.1. The number of likely N-dealkylation sites (tertiary alicyclic amines) is 1. The van der Waals surface area contributed by atoms with Crippen molar-refractivity contribution in [2.75, 3.05) is 6.54 Å². The van der Waals surface area contributed by atoms with Gasteiger partial charge in [0.1, 0.15) is 0 Å². The maximum atomic E-state index is 5.65. The smallest absolute Gasteiger partial charge is 0.0768 e. The molecule has 0 spiro atoms. The summed E-state index contributed by atoms with van der Waals surface area (Å²) in [5, 5.41) is 0. The van der Waals surface area contributed by atoms with Gasteiger partial charge in [0.05, 0.1) is 4.99 Å². The highest BCUT2D eigenvalue weighted by Gasteiger charge is 2.30. The summed E-state index contributed by atoms with van der Waals surface area (Å²) in [6.45, 7) is 7.73. The second kappa shape index (κ2) is 5.08. The summed E-state index contributed by atoms with van der Waals surface area (Å²) in [6, 6.07) is 1.46. The van der Waals surface area contributed by atoms with Crippen molar-refractivity contribution in [3.05, 3.63) is 0 Å². The fourth-order valence-corrected chi connectivity index (χ4v) is 2.37. The lowest BCUT2D eigenvalue weighted by Gasteiger charge is -2.30. The first-order chi connectivity index (χ1) is 6.56. The van der Waals surface area contributed by atoms with Crippen LogP contribution in [0.25, 0.3) is 0 Å². The first kappa shape index (κ1) is 11.9. The van der Waals surface area contributed by atoms with E-state index in [-0.39, 0.29) is 0 Å². The predicted molar refractivity (Wildman–Crippen MR) is 65.4 cm³/mol. The van der Waals surface area contributed by atoms with Gasteiger partial charge in [-0.25, -0.2) is 0 Å². The fraction of sp³-hybridized carbons (Fsp3) is 0.909. The molecule has 0 aromatic rings. The summed E-state index contributed by atoms with van der Waals surface area (Å²) in [7, 11) is 0. The van der Waals surface area contributed by atoms with E-state index in [1.165, 1.54) is 19.3 Å². The molecule has 1 rings (SSSR count). The van der Waals surface area contributed by atoms with Crippen LogP contribution in [0.4, 0.5) is 0 Å². The Morgan fingerprint density at radius 2 is 2.21 bits per heavy atom. The molecule has 3 heteroatoms. The third kappa shape index (κ3) is 2.67. The first-order valence-corrected chi connectivity index (χ1v) is 6.02. The third-order valence-corrected chi connectivity index (χ3v) is 3.80. The summed E-state index contributed by atoms with van der Waals surface area (Å²) in [4.78, 5) is 3.23. The van der Waals surface area contributed by atoms with Gasteiger partial charge in [-0.05, 0) is 26.2 Å². The van der Waals surface area contributed by atoms with Gasteiger partial charge in [0.25, 0.3) is 0 Å². The van der Waals surface area contributed by atoms with Gasteiger partial charge in [-0.3, -0.25) is 4.90 Å². The average Bonchev–Trinajstić information content (AvgIpc) is 2.47. The van der Waals surface area contributed by atoms with E-state index in [9.17, 15) is 0 Å². The highest BCUT2D eigenvalue weighted by molar-refractivity contribution is 7.80. The van der Waals surface area contributed by atoms with Crippen molar-refractivity contribution in [2.45, 2.75) is 52.1 Å². The Morgan fingerprint density at radius 3 is 2.71 bits per heavy atom. The summed E-state index contributed by atoms with van der Waals surface area (Å²) < 4.78 is 0. The van der Waals surface area contributed by atoms with Crippen molar-refractivity contribution >= 4 is 17.2 Å². The van der Waals surface area contributed by atoms with E-state index in [2.05, 4.69) is 25.7 Å². The van der Waals surface area contributed by atoms with Crippen LogP contribution in [-0.4, -0.2) is 28.5 Å². The molecule has 1 fully saturated rings. The lowest BCUT2D eigenvalue weighted by molar-refractivity contribution is 0.187. The quantitative estimate of drug-likeness (QED) is 0.727. The molecule has 1 aliphatic rings. The molecule has 0 aliphatic carbocycles. The van der Waals surface area contributed by atoms with Gasteiger partial charge in [-0.15, -0.1) is 0 Å². The summed E-state index contributed by atoms with van der Waals surface area (Å²) >= 11 is 5.02. The minimum absolute atomic E-state index is 0.347. The molecule has 0 aromatic carbocycles. The molecule has 1 saturated heterocycles. The zero-order valence-corrected chi connectivity index (χ0v) is 10.3. The zero-order valence-electron chi connectivity index (χ0n) is 9.49. The molecule has 1 aliphatic heterocycles. The third-order valence-electron chi connectivity index (χ3n) is 3.39. The summed E-state index contributed by atoms with van der Waals surface area (Å²) in [5.74, 6) is 0.347. The van der Waals surface area contributed by atoms with Crippen LogP contribution in [0.15, 0.2) is 0 Å². The molecule has 2 N–H and O–H groups in total. The minimum Gasteiger partial charge on any atom is -0.393 e. The maximum absolute atomic E-state index is 5.65. The van der Waals surface area contributed by atoms with Gasteiger partial charge in [-0.2, -0.15) is 0 Å². The molecular formula is C11H22N2S. The maximum Gasteiger partial charge on any atom is 0.0768 e. The van der Waals surface area contributed by atoms with Crippen LogP contribution in [-0.2, 0) is 0 Å². The number of hydrogen-bond donors (Lipinski definition) is 1. The van der Waals surface area contributed by atoms with E-state index in [0.29, 0.717) is 16.9 Å². The molecule has 1 heterocycles. The van der Waals surface area contributed by atoms with Gasteiger partial charge in [0.2, 0.25) is 0 Å². The van der Waals surface area contributed by atoms with Gasteiger partial charge in [0, 0.05) is 24.5 Å². The van der Waals surface area contributed by atoms with Crippen LogP contribution < -0.4 is 5.73 Å². The van der Waals surface area contributed by atoms with Crippen molar-refractivity contribution in [1.29, 1.82) is 0 Å². The summed E-state index contributed by atoms with van der Waals surface area (Å²) in [5.41, 5.74) is 5.65. The Balaban J connectivity index is 2.52. The highest BCUT2D eigenvalue weighted by Crippen LogP contribution is 2.26. The molecule has 2 nitrogen and oxygen atoms in total. The Morgan fingerprint density at radius 1 is 1.57 bits per heavy atom. The minimum atomic E-state index is 0.347. The van der Waals surface area contributed by atoms with Crippen LogP contribution in [0.2, 0.25) is 0 Å². The normalized spacial score (nSPS) is 30.5. The van der Waals surface area contributed by atoms with Gasteiger partial charge >= 0.3 is 0 Å². The Kier molecular flexibility index (Phi) is 4.32. The molecule has 0 amide bonds. The number of rotatable bonds is 4. The largest absolute Gasteiger partial charge is 0.393 e. The number of nitrogens with zero attached hydrogens (tertiary/aromatic N) is 1. The van der Waals surface area contributed by atoms with E-state index >= 15 is 0 Å². The SMILES string of the molecule is CCC1CCC(C)N1CC(C)C(N)=S. The molecule has 0 aromatic heterocycles. The zero-order chi connectivity index (χ0) is 10.7. The first-order valence-electron chi connectivity index (χ1n) is 5.61. The van der Waals surface area contributed by atoms with E-state index in [0.717, 1.165) is 12.6 Å². The highest BCUT2D eigenvalue weighted by atomic mass is 32.1. The Hall–Kier alpha value is -0.150. The van der Waals surface area contributed by atoms with Crippen LogP contribution >= 0.6 is 12.2 Å². The van der Waals surface area contributed by atoms with Crippen LogP contribution in [0.1, 0.15) is 40.0 Å². The molecule has 0 radical (unpaired) electrons. The van der Waals surface area contributed by atoms with Crippen molar-refractivity contribution in [1.82, 2.24) is 4.90 Å². The van der Waals surface area contributed by atoms with Crippen molar-refractivity contribution in [2.24, 2.45) is 11.7 Å². The van der Waals surface area contributed by atoms with E-state index in [1.54, 1.807) is 0 Å². The van der Waals surface area contributed by atoms with Crippen LogP contribution in [0, 0.1) is 5.92 Å². The molecular weight excluding hydrogens is 192 g/mol. The standard InChI is InChI=1S/C11H22N2S/c1-4-10-6-5-9(3)13(10)7-8(2)11(12)14/h8-10H,4-7H2,1-3H3,(H2,12,14). The van der Waals surface area contributed by atoms with Crippen molar-refractivity contribution in [3.63, 3.8) is 0 Å². The molecule has 82 valence electrons. The van der Waals surface area contributed by atoms with Gasteiger partial charge in [-0.1, -0.05) is 26.1 Å². The Labute approximate surface area is 92.8 Å². The predicted octanol–water partition coefficient (Wildman–Crippen LogP) is 2.17. The van der Waals surface area contributed by atoms with E-state index in [1.807, 2.05) is 0 Å². The molecule has 3 atom stereocenters. The Bertz CT molecular complexity index is 205. The number of nitrogens with two attached hydrogens (primary N) is 1. The molecule has 0 saturated carbocycles. The van der Waals surface area contributed by atoms with Crippen LogP contribution in [0.5, 0.6) is 0 Å². The second-order valence-corrected chi connectivity index (χ2v) is 4.96. The monoisotopic (exact) mass is 214 g/mol. The van der Waals surface area contributed by atoms with Gasteiger partial charge in [0.15, 0.2) is 0 Å². The number of hydrogen-bond acceptors (Lipinski definition) is 2. The van der Waals surface area contributed by atoms with E-state index in [4.69, 9.17) is 18.0 Å². The van der Waals surface area contributed by atoms with Crippen molar-refractivity contribution < 1.29 is 0 Å². The second-order valence-electron chi connectivity index (χ2n) is 4.49. The molecule has 0 bridgehead atoms. The molecule has 3 unspecified atom stereocenters. The van der Waals surface area contributed by atoms with Gasteiger partial charge < -0.3 is 5.73 Å². The number of thiocarbonyl (C=S) groups is 1. The van der Waals surface area contributed by atoms with Crippen LogP contribution in [0.3, 0.4) is 0 Å². The fourth-order valence-electron chi connectivity index (χ4n) is 2.30. The molecule has 14 heavy (non-hydrogen) atoms.